The third kappa shape index (κ3) is 4.59. The molecule has 0 aromatic carbocycles. The predicted molar refractivity (Wildman–Crippen MR) is 62.6 cm³/mol. The minimum Gasteiger partial charge on any atom is -0.506 e. The fourth-order valence-electron chi connectivity index (χ4n) is 1.19. The molecule has 5 N–H and O–H groups in total. The topological polar surface area (TPSA) is 126 Å². The van der Waals surface area contributed by atoms with E-state index in [9.17, 15) is 9.67 Å². The average molecular weight is 285 g/mol. The number of phosphoric ester groups is 1. The van der Waals surface area contributed by atoms with Gasteiger partial charge in [-0.25, -0.2) is 4.57 Å². The molecule has 0 aliphatic heterocycles. The van der Waals surface area contributed by atoms with E-state index in [4.69, 9.17) is 15.5 Å². The molecular formula is C8H14ClN2O5P. The van der Waals surface area contributed by atoms with Gasteiger partial charge in [-0.2, -0.15) is 0 Å². The zero-order valence-corrected chi connectivity index (χ0v) is 10.7. The van der Waals surface area contributed by atoms with Crippen LogP contribution in [0.25, 0.3) is 0 Å². The Balaban J connectivity index is 0.00000256. The summed E-state index contributed by atoms with van der Waals surface area (Å²) in [4.78, 5) is 20.9. The van der Waals surface area contributed by atoms with Gasteiger partial charge >= 0.3 is 7.82 Å². The van der Waals surface area contributed by atoms with Crippen molar-refractivity contribution in [3.8, 4) is 5.75 Å². The van der Waals surface area contributed by atoms with Crippen molar-refractivity contribution < 1.29 is 24.0 Å². The van der Waals surface area contributed by atoms with E-state index in [-0.39, 0.29) is 31.3 Å². The molecule has 0 saturated carbocycles. The SMILES string of the molecule is Cc1ncc(COP(=O)(O)O)c(CN)c1O.Cl. The molecule has 1 aromatic rings. The summed E-state index contributed by atoms with van der Waals surface area (Å²) in [5.41, 5.74) is 6.56. The second-order valence-electron chi connectivity index (χ2n) is 3.16. The van der Waals surface area contributed by atoms with Gasteiger partial charge in [0, 0.05) is 23.9 Å². The molecule has 0 bridgehead atoms. The molecule has 0 saturated heterocycles. The van der Waals surface area contributed by atoms with Crippen LogP contribution in [0, 0.1) is 6.92 Å². The second kappa shape index (κ2) is 6.30. The molecule has 0 unspecified atom stereocenters. The number of hydrogen-bond donors (Lipinski definition) is 4. The van der Waals surface area contributed by atoms with Crippen LogP contribution in [-0.4, -0.2) is 19.9 Å². The standard InChI is InChI=1S/C8H13N2O5P.ClH/c1-5-8(11)7(2-9)6(3-10-5)4-15-16(12,13)14;/h3,11H,2,4,9H2,1H3,(H2,12,13,14);1H. The van der Waals surface area contributed by atoms with Crippen LogP contribution in [0.2, 0.25) is 0 Å². The summed E-state index contributed by atoms with van der Waals surface area (Å²) in [7, 11) is -4.54. The van der Waals surface area contributed by atoms with Gasteiger partial charge in [0.15, 0.2) is 0 Å². The van der Waals surface area contributed by atoms with Crippen molar-refractivity contribution in [2.75, 3.05) is 0 Å². The minimum absolute atomic E-state index is 0. The molecule has 1 heterocycles. The fourth-order valence-corrected chi connectivity index (χ4v) is 1.50. The molecular weight excluding hydrogens is 271 g/mol. The molecule has 7 nitrogen and oxygen atoms in total. The van der Waals surface area contributed by atoms with E-state index in [0.29, 0.717) is 16.8 Å². The predicted octanol–water partition coefficient (Wildman–Crippen LogP) is 0.585. The number of nitrogens with zero attached hydrogens (tertiary/aromatic N) is 1. The van der Waals surface area contributed by atoms with Gasteiger partial charge in [-0.1, -0.05) is 0 Å². The Hall–Kier alpha value is -0.690. The van der Waals surface area contributed by atoms with E-state index in [1.165, 1.54) is 6.20 Å². The van der Waals surface area contributed by atoms with Crippen LogP contribution in [0.15, 0.2) is 6.20 Å². The molecule has 0 spiro atoms. The number of hydrogen-bond acceptors (Lipinski definition) is 5. The number of rotatable bonds is 4. The molecule has 0 amide bonds. The maximum atomic E-state index is 10.5. The Labute approximate surface area is 104 Å². The highest BCUT2D eigenvalue weighted by molar-refractivity contribution is 7.46. The Morgan fingerprint density at radius 2 is 2.12 bits per heavy atom. The minimum atomic E-state index is -4.54. The number of aromatic nitrogens is 1. The number of nitrogens with two attached hydrogens (primary N) is 1. The third-order valence-electron chi connectivity index (χ3n) is 2.02. The van der Waals surface area contributed by atoms with Crippen LogP contribution >= 0.6 is 20.2 Å². The van der Waals surface area contributed by atoms with E-state index >= 15 is 0 Å². The lowest BCUT2D eigenvalue weighted by atomic mass is 10.1. The van der Waals surface area contributed by atoms with E-state index < -0.39 is 7.82 Å². The van der Waals surface area contributed by atoms with Crippen LogP contribution in [0.5, 0.6) is 5.75 Å². The first-order chi connectivity index (χ1) is 7.35. The van der Waals surface area contributed by atoms with Gasteiger partial charge in [-0.3, -0.25) is 9.51 Å². The van der Waals surface area contributed by atoms with Crippen molar-refractivity contribution in [2.24, 2.45) is 5.73 Å². The van der Waals surface area contributed by atoms with E-state index in [0.717, 1.165) is 0 Å². The Morgan fingerprint density at radius 1 is 1.53 bits per heavy atom. The summed E-state index contributed by atoms with van der Waals surface area (Å²) in [6, 6.07) is 0. The van der Waals surface area contributed by atoms with Crippen LogP contribution in [0.1, 0.15) is 16.8 Å². The first kappa shape index (κ1) is 16.3. The summed E-state index contributed by atoms with van der Waals surface area (Å²) in [6.45, 7) is 1.29. The number of aromatic hydroxyl groups is 1. The maximum Gasteiger partial charge on any atom is 0.469 e. The van der Waals surface area contributed by atoms with Crippen LogP contribution in [-0.2, 0) is 22.2 Å². The Kier molecular flexibility index (Phi) is 6.04. The summed E-state index contributed by atoms with van der Waals surface area (Å²) in [5, 5.41) is 9.62. The molecule has 9 heteroatoms. The highest BCUT2D eigenvalue weighted by Crippen LogP contribution is 2.37. The lowest BCUT2D eigenvalue weighted by Gasteiger charge is -2.11. The molecule has 0 atom stereocenters. The van der Waals surface area contributed by atoms with Gasteiger partial charge < -0.3 is 20.6 Å². The normalized spacial score (nSPS) is 11.1. The second-order valence-corrected chi connectivity index (χ2v) is 4.40. The molecule has 98 valence electrons. The Morgan fingerprint density at radius 3 is 2.59 bits per heavy atom. The van der Waals surface area contributed by atoms with Crippen LogP contribution in [0.4, 0.5) is 0 Å². The molecule has 0 aliphatic rings. The van der Waals surface area contributed by atoms with E-state index in [2.05, 4.69) is 9.51 Å². The summed E-state index contributed by atoms with van der Waals surface area (Å²) in [6.07, 6.45) is 1.37. The number of aryl methyl sites for hydroxylation is 1. The van der Waals surface area contributed by atoms with Crippen molar-refractivity contribution in [3.05, 3.63) is 23.0 Å². The van der Waals surface area contributed by atoms with Crippen molar-refractivity contribution >= 4 is 20.2 Å². The molecule has 0 aliphatic carbocycles. The van der Waals surface area contributed by atoms with Crippen LogP contribution in [0.3, 0.4) is 0 Å². The van der Waals surface area contributed by atoms with Crippen molar-refractivity contribution in [2.45, 2.75) is 20.1 Å². The van der Waals surface area contributed by atoms with E-state index in [1.807, 2.05) is 0 Å². The largest absolute Gasteiger partial charge is 0.506 e. The average Bonchev–Trinajstić information content (AvgIpc) is 2.18. The van der Waals surface area contributed by atoms with Gasteiger partial charge in [0.25, 0.3) is 0 Å². The maximum absolute atomic E-state index is 10.5. The molecule has 17 heavy (non-hydrogen) atoms. The van der Waals surface area contributed by atoms with Crippen molar-refractivity contribution in [3.63, 3.8) is 0 Å². The van der Waals surface area contributed by atoms with Gasteiger partial charge in [0.1, 0.15) is 5.75 Å². The highest BCUT2D eigenvalue weighted by Gasteiger charge is 2.17. The first-order valence-electron chi connectivity index (χ1n) is 4.41. The lowest BCUT2D eigenvalue weighted by molar-refractivity contribution is 0.188. The number of phosphoric acid groups is 1. The monoisotopic (exact) mass is 284 g/mol. The van der Waals surface area contributed by atoms with Crippen molar-refractivity contribution in [1.82, 2.24) is 4.98 Å². The lowest BCUT2D eigenvalue weighted by Crippen LogP contribution is -2.05. The van der Waals surface area contributed by atoms with Gasteiger partial charge in [-0.15, -0.1) is 12.4 Å². The summed E-state index contributed by atoms with van der Waals surface area (Å²) in [5.74, 6) is -0.0747. The van der Waals surface area contributed by atoms with Crippen LogP contribution < -0.4 is 5.73 Å². The van der Waals surface area contributed by atoms with E-state index in [1.54, 1.807) is 6.92 Å². The van der Waals surface area contributed by atoms with Gasteiger partial charge in [0.2, 0.25) is 0 Å². The highest BCUT2D eigenvalue weighted by atomic mass is 35.5. The molecule has 1 aromatic heterocycles. The molecule has 0 radical (unpaired) electrons. The summed E-state index contributed by atoms with van der Waals surface area (Å²) < 4.78 is 14.8. The summed E-state index contributed by atoms with van der Waals surface area (Å²) >= 11 is 0. The zero-order chi connectivity index (χ0) is 12.3. The first-order valence-corrected chi connectivity index (χ1v) is 5.94. The smallest absolute Gasteiger partial charge is 0.469 e. The van der Waals surface area contributed by atoms with Gasteiger partial charge in [-0.05, 0) is 6.92 Å². The zero-order valence-electron chi connectivity index (χ0n) is 9.03. The number of pyridine rings is 1. The quantitative estimate of drug-likeness (QED) is 0.596. The van der Waals surface area contributed by atoms with Crippen molar-refractivity contribution in [1.29, 1.82) is 0 Å². The molecule has 0 fully saturated rings. The third-order valence-corrected chi connectivity index (χ3v) is 2.49. The Bertz CT molecular complexity index is 436. The fraction of sp³-hybridized carbons (Fsp3) is 0.375. The molecule has 1 rings (SSSR count). The van der Waals surface area contributed by atoms with Gasteiger partial charge in [0.05, 0.1) is 12.3 Å². The number of halogens is 1.